The Morgan fingerprint density at radius 3 is 2.71 bits per heavy atom. The molecule has 84 valence electrons. The van der Waals surface area contributed by atoms with E-state index in [1.807, 2.05) is 0 Å². The first-order valence-electron chi connectivity index (χ1n) is 5.79. The summed E-state index contributed by atoms with van der Waals surface area (Å²) in [6.45, 7) is 2.28. The van der Waals surface area contributed by atoms with Crippen molar-refractivity contribution in [2.75, 3.05) is 6.61 Å². The number of nitrogens with one attached hydrogen (secondary N) is 1. The highest BCUT2D eigenvalue weighted by atomic mass is 16.3. The number of hydrogen-bond acceptors (Lipinski definition) is 3. The smallest absolute Gasteiger partial charge is 0.0693 e. The Hall–Kier alpha value is -0.120. The lowest BCUT2D eigenvalue weighted by Crippen LogP contribution is -2.44. The molecule has 14 heavy (non-hydrogen) atoms. The molecule has 1 aliphatic rings. The van der Waals surface area contributed by atoms with Gasteiger partial charge in [0.05, 0.1) is 6.10 Å². The molecule has 3 N–H and O–H groups in total. The first-order chi connectivity index (χ1) is 6.74. The predicted molar refractivity (Wildman–Crippen MR) is 57.2 cm³/mol. The SMILES string of the molecule is CC(CCO)NC1CCCCCC1O. The van der Waals surface area contributed by atoms with Crippen molar-refractivity contribution >= 4 is 0 Å². The van der Waals surface area contributed by atoms with Crippen LogP contribution in [-0.2, 0) is 0 Å². The average Bonchev–Trinajstić information content (AvgIpc) is 2.33. The maximum atomic E-state index is 9.84. The summed E-state index contributed by atoms with van der Waals surface area (Å²) in [6.07, 6.45) is 6.15. The molecule has 0 spiro atoms. The van der Waals surface area contributed by atoms with Gasteiger partial charge in [-0.15, -0.1) is 0 Å². The van der Waals surface area contributed by atoms with E-state index in [2.05, 4.69) is 12.2 Å². The molecule has 3 heteroatoms. The van der Waals surface area contributed by atoms with E-state index in [0.29, 0.717) is 6.04 Å². The van der Waals surface area contributed by atoms with Gasteiger partial charge in [0.2, 0.25) is 0 Å². The quantitative estimate of drug-likeness (QED) is 0.596. The van der Waals surface area contributed by atoms with Crippen LogP contribution in [0, 0.1) is 0 Å². The standard InChI is InChI=1S/C11H23NO2/c1-9(7-8-13)12-10-5-3-2-4-6-11(10)14/h9-14H,2-8H2,1H3. The molecule has 0 aromatic heterocycles. The van der Waals surface area contributed by atoms with Gasteiger partial charge in [-0.2, -0.15) is 0 Å². The fourth-order valence-electron chi connectivity index (χ4n) is 2.12. The molecule has 3 atom stereocenters. The van der Waals surface area contributed by atoms with Gasteiger partial charge in [0.25, 0.3) is 0 Å². The molecule has 1 rings (SSSR count). The molecule has 0 aliphatic heterocycles. The molecule has 0 bridgehead atoms. The minimum Gasteiger partial charge on any atom is -0.396 e. The topological polar surface area (TPSA) is 52.5 Å². The molecule has 3 unspecified atom stereocenters. The Morgan fingerprint density at radius 1 is 1.29 bits per heavy atom. The van der Waals surface area contributed by atoms with Gasteiger partial charge in [0.1, 0.15) is 0 Å². The highest BCUT2D eigenvalue weighted by Crippen LogP contribution is 2.18. The van der Waals surface area contributed by atoms with Crippen molar-refractivity contribution in [3.8, 4) is 0 Å². The first-order valence-corrected chi connectivity index (χ1v) is 5.79. The first kappa shape index (κ1) is 12.0. The third-order valence-corrected chi connectivity index (χ3v) is 3.04. The molecule has 0 amide bonds. The molecule has 0 radical (unpaired) electrons. The van der Waals surface area contributed by atoms with Gasteiger partial charge in [0, 0.05) is 18.7 Å². The highest BCUT2D eigenvalue weighted by Gasteiger charge is 2.22. The zero-order valence-electron chi connectivity index (χ0n) is 9.08. The fraction of sp³-hybridized carbons (Fsp3) is 1.00. The lowest BCUT2D eigenvalue weighted by Gasteiger charge is -2.25. The van der Waals surface area contributed by atoms with Crippen LogP contribution in [0.2, 0.25) is 0 Å². The van der Waals surface area contributed by atoms with Crippen molar-refractivity contribution in [2.24, 2.45) is 0 Å². The zero-order valence-corrected chi connectivity index (χ0v) is 9.08. The van der Waals surface area contributed by atoms with Crippen LogP contribution in [0.5, 0.6) is 0 Å². The number of hydrogen-bond donors (Lipinski definition) is 3. The normalized spacial score (nSPS) is 31.1. The van der Waals surface area contributed by atoms with Gasteiger partial charge in [-0.05, 0) is 26.2 Å². The van der Waals surface area contributed by atoms with Crippen molar-refractivity contribution in [3.63, 3.8) is 0 Å². The van der Waals surface area contributed by atoms with Crippen LogP contribution in [0.25, 0.3) is 0 Å². The Balaban J connectivity index is 2.32. The number of rotatable bonds is 4. The summed E-state index contributed by atoms with van der Waals surface area (Å²) in [6, 6.07) is 0.539. The molecular weight excluding hydrogens is 178 g/mol. The van der Waals surface area contributed by atoms with E-state index in [4.69, 9.17) is 5.11 Å². The largest absolute Gasteiger partial charge is 0.396 e. The van der Waals surface area contributed by atoms with Gasteiger partial charge < -0.3 is 15.5 Å². The van der Waals surface area contributed by atoms with Crippen LogP contribution in [0.4, 0.5) is 0 Å². The number of aliphatic hydroxyl groups excluding tert-OH is 2. The highest BCUT2D eigenvalue weighted by molar-refractivity contribution is 4.80. The van der Waals surface area contributed by atoms with E-state index in [1.165, 1.54) is 12.8 Å². The van der Waals surface area contributed by atoms with Crippen molar-refractivity contribution < 1.29 is 10.2 Å². The van der Waals surface area contributed by atoms with Crippen molar-refractivity contribution in [2.45, 2.75) is 63.6 Å². The Bertz CT molecular complexity index is 152. The molecule has 0 aromatic carbocycles. The second-order valence-corrected chi connectivity index (χ2v) is 4.39. The van der Waals surface area contributed by atoms with E-state index in [9.17, 15) is 5.11 Å². The summed E-state index contributed by atoms with van der Waals surface area (Å²) in [7, 11) is 0. The summed E-state index contributed by atoms with van der Waals surface area (Å²) in [5, 5.41) is 22.0. The average molecular weight is 201 g/mol. The molecule has 1 aliphatic carbocycles. The molecule has 0 saturated heterocycles. The van der Waals surface area contributed by atoms with Crippen LogP contribution in [-0.4, -0.2) is 35.0 Å². The second kappa shape index (κ2) is 6.38. The van der Waals surface area contributed by atoms with E-state index < -0.39 is 0 Å². The van der Waals surface area contributed by atoms with Gasteiger partial charge in [0.15, 0.2) is 0 Å². The molecular formula is C11H23NO2. The van der Waals surface area contributed by atoms with Gasteiger partial charge in [-0.1, -0.05) is 19.3 Å². The molecule has 3 nitrogen and oxygen atoms in total. The lowest BCUT2D eigenvalue weighted by molar-refractivity contribution is 0.112. The van der Waals surface area contributed by atoms with Crippen LogP contribution >= 0.6 is 0 Å². The summed E-state index contributed by atoms with van der Waals surface area (Å²) in [5.74, 6) is 0. The molecule has 1 saturated carbocycles. The van der Waals surface area contributed by atoms with E-state index in [0.717, 1.165) is 25.7 Å². The van der Waals surface area contributed by atoms with Crippen LogP contribution in [0.1, 0.15) is 45.4 Å². The minimum absolute atomic E-state index is 0.196. The van der Waals surface area contributed by atoms with Gasteiger partial charge >= 0.3 is 0 Å². The van der Waals surface area contributed by atoms with Crippen LogP contribution < -0.4 is 5.32 Å². The molecule has 0 heterocycles. The van der Waals surface area contributed by atoms with E-state index in [-0.39, 0.29) is 18.8 Å². The minimum atomic E-state index is -0.196. The van der Waals surface area contributed by atoms with Crippen LogP contribution in [0.3, 0.4) is 0 Å². The summed E-state index contributed by atoms with van der Waals surface area (Å²) < 4.78 is 0. The second-order valence-electron chi connectivity index (χ2n) is 4.39. The third kappa shape index (κ3) is 3.95. The maximum Gasteiger partial charge on any atom is 0.0693 e. The van der Waals surface area contributed by atoms with E-state index >= 15 is 0 Å². The van der Waals surface area contributed by atoms with E-state index in [1.54, 1.807) is 0 Å². The summed E-state index contributed by atoms with van der Waals surface area (Å²) in [4.78, 5) is 0. The monoisotopic (exact) mass is 201 g/mol. The lowest BCUT2D eigenvalue weighted by atomic mass is 10.0. The Morgan fingerprint density at radius 2 is 2.00 bits per heavy atom. The predicted octanol–water partition coefficient (Wildman–Crippen LogP) is 1.04. The number of aliphatic hydroxyl groups is 2. The van der Waals surface area contributed by atoms with Crippen LogP contribution in [0.15, 0.2) is 0 Å². The maximum absolute atomic E-state index is 9.84. The van der Waals surface area contributed by atoms with Crippen molar-refractivity contribution in [3.05, 3.63) is 0 Å². The Labute approximate surface area is 86.5 Å². The fourth-order valence-corrected chi connectivity index (χ4v) is 2.12. The molecule has 0 aromatic rings. The summed E-state index contributed by atoms with van der Waals surface area (Å²) >= 11 is 0. The van der Waals surface area contributed by atoms with Gasteiger partial charge in [-0.3, -0.25) is 0 Å². The molecule has 1 fully saturated rings. The zero-order chi connectivity index (χ0) is 10.4. The van der Waals surface area contributed by atoms with Crippen molar-refractivity contribution in [1.29, 1.82) is 0 Å². The van der Waals surface area contributed by atoms with Gasteiger partial charge in [-0.25, -0.2) is 0 Å². The third-order valence-electron chi connectivity index (χ3n) is 3.04. The van der Waals surface area contributed by atoms with Crippen molar-refractivity contribution in [1.82, 2.24) is 5.32 Å². The Kier molecular flexibility index (Phi) is 5.45. The summed E-state index contributed by atoms with van der Waals surface area (Å²) in [5.41, 5.74) is 0.